The zero-order chi connectivity index (χ0) is 15.8. The molecule has 1 unspecified atom stereocenters. The summed E-state index contributed by atoms with van der Waals surface area (Å²) in [5.41, 5.74) is -1.36. The number of rotatable bonds is 2. The minimum absolute atomic E-state index is 0.0251. The van der Waals surface area contributed by atoms with Gasteiger partial charge in [-0.15, -0.1) is 0 Å². The number of methoxy groups -OCH3 is 1. The minimum Gasteiger partial charge on any atom is -0.497 e. The van der Waals surface area contributed by atoms with E-state index in [1.807, 2.05) is 20.8 Å². The molecule has 0 aliphatic carbocycles. The van der Waals surface area contributed by atoms with Crippen LogP contribution < -0.4 is 10.2 Å². The van der Waals surface area contributed by atoms with Crippen LogP contribution >= 0.6 is 0 Å². The molecule has 0 N–H and O–H groups in total. The van der Waals surface area contributed by atoms with Gasteiger partial charge >= 0.3 is 13.3 Å². The number of hydrogen-bond acceptors (Lipinski definition) is 3. The Morgan fingerprint density at radius 3 is 2.52 bits per heavy atom. The quantitative estimate of drug-likeness (QED) is 0.786. The van der Waals surface area contributed by atoms with Crippen LogP contribution in [0.3, 0.4) is 0 Å². The first-order chi connectivity index (χ1) is 9.62. The van der Waals surface area contributed by atoms with Crippen LogP contribution in [0, 0.1) is 0 Å². The van der Waals surface area contributed by atoms with Gasteiger partial charge in [0.2, 0.25) is 0 Å². The molecule has 0 amide bonds. The summed E-state index contributed by atoms with van der Waals surface area (Å²) in [6.07, 6.45) is -4.05. The third kappa shape index (κ3) is 3.71. The van der Waals surface area contributed by atoms with Crippen molar-refractivity contribution in [1.82, 2.24) is 0 Å². The molecule has 1 aliphatic rings. The van der Waals surface area contributed by atoms with E-state index in [2.05, 4.69) is 0 Å². The second-order valence-electron chi connectivity index (χ2n) is 5.81. The Balaban J connectivity index is 2.43. The summed E-state index contributed by atoms with van der Waals surface area (Å²) in [6.45, 7) is 5.51. The lowest BCUT2D eigenvalue weighted by Crippen LogP contribution is -2.53. The third-order valence-corrected chi connectivity index (χ3v) is 3.38. The summed E-state index contributed by atoms with van der Waals surface area (Å²) >= 11 is 0. The molecule has 21 heavy (non-hydrogen) atoms. The second kappa shape index (κ2) is 5.53. The first-order valence-corrected chi connectivity index (χ1v) is 6.71. The fourth-order valence-corrected chi connectivity index (χ4v) is 2.57. The number of benzene rings is 1. The molecular formula is C14H18BF3O3. The van der Waals surface area contributed by atoms with Crippen LogP contribution in [0.15, 0.2) is 18.2 Å². The van der Waals surface area contributed by atoms with E-state index in [-0.39, 0.29) is 17.3 Å². The summed E-state index contributed by atoms with van der Waals surface area (Å²) in [5, 5.41) is 0. The summed E-state index contributed by atoms with van der Waals surface area (Å²) in [7, 11) is 0.291. The summed E-state index contributed by atoms with van der Waals surface area (Å²) in [5.74, 6) is 0.147. The summed E-state index contributed by atoms with van der Waals surface area (Å²) in [6, 6.07) is 3.79. The maximum absolute atomic E-state index is 13.2. The summed E-state index contributed by atoms with van der Waals surface area (Å²) < 4.78 is 55.8. The van der Waals surface area contributed by atoms with Crippen LogP contribution in [0.2, 0.25) is 0 Å². The number of ether oxygens (including phenoxy) is 1. The van der Waals surface area contributed by atoms with E-state index < -0.39 is 24.5 Å². The van der Waals surface area contributed by atoms with Crippen molar-refractivity contribution in [2.24, 2.45) is 0 Å². The van der Waals surface area contributed by atoms with Crippen LogP contribution in [-0.4, -0.2) is 25.9 Å². The molecule has 1 heterocycles. The molecule has 2 rings (SSSR count). The van der Waals surface area contributed by atoms with E-state index in [1.165, 1.54) is 19.2 Å². The number of halogens is 3. The molecule has 0 bridgehead atoms. The predicted molar refractivity (Wildman–Crippen MR) is 73.7 cm³/mol. The zero-order valence-corrected chi connectivity index (χ0v) is 12.5. The van der Waals surface area contributed by atoms with Crippen molar-refractivity contribution in [3.05, 3.63) is 23.8 Å². The highest BCUT2D eigenvalue weighted by Gasteiger charge is 2.44. The Labute approximate surface area is 122 Å². The lowest BCUT2D eigenvalue weighted by Gasteiger charge is -2.38. The molecule has 1 aromatic carbocycles. The van der Waals surface area contributed by atoms with Crippen LogP contribution in [0.25, 0.3) is 0 Å². The molecule has 1 saturated heterocycles. The first-order valence-electron chi connectivity index (χ1n) is 6.71. The normalized spacial score (nSPS) is 22.2. The van der Waals surface area contributed by atoms with Gasteiger partial charge in [-0.05, 0) is 44.8 Å². The van der Waals surface area contributed by atoms with Crippen molar-refractivity contribution in [3.8, 4) is 5.75 Å². The molecule has 0 saturated carbocycles. The highest BCUT2D eigenvalue weighted by atomic mass is 19.4. The maximum atomic E-state index is 13.2. The molecule has 0 radical (unpaired) electrons. The third-order valence-electron chi connectivity index (χ3n) is 3.38. The summed E-state index contributed by atoms with van der Waals surface area (Å²) in [4.78, 5) is 0. The fraction of sp³-hybridized carbons (Fsp3) is 0.571. The van der Waals surface area contributed by atoms with Crippen LogP contribution in [0.1, 0.15) is 32.8 Å². The van der Waals surface area contributed by atoms with Gasteiger partial charge in [-0.3, -0.25) is 0 Å². The van der Waals surface area contributed by atoms with Gasteiger partial charge in [0.25, 0.3) is 0 Å². The minimum atomic E-state index is -4.50. The smallest absolute Gasteiger partial charge is 0.495 e. The molecule has 116 valence electrons. The van der Waals surface area contributed by atoms with Gasteiger partial charge in [-0.2, -0.15) is 13.2 Å². The van der Waals surface area contributed by atoms with Crippen LogP contribution in [0.5, 0.6) is 5.75 Å². The lowest BCUT2D eigenvalue weighted by molar-refractivity contribution is -0.137. The van der Waals surface area contributed by atoms with Gasteiger partial charge in [-0.25, -0.2) is 0 Å². The highest BCUT2D eigenvalue weighted by molar-refractivity contribution is 6.62. The molecule has 7 heteroatoms. The van der Waals surface area contributed by atoms with E-state index in [4.69, 9.17) is 14.0 Å². The van der Waals surface area contributed by atoms with E-state index >= 15 is 0 Å². The van der Waals surface area contributed by atoms with Gasteiger partial charge in [0.05, 0.1) is 18.3 Å². The molecular weight excluding hydrogens is 284 g/mol. The predicted octanol–water partition coefficient (Wildman–Crippen LogP) is 3.01. The number of hydrogen-bond donors (Lipinski definition) is 0. The van der Waals surface area contributed by atoms with Gasteiger partial charge in [-0.1, -0.05) is 6.07 Å². The van der Waals surface area contributed by atoms with E-state index in [0.717, 1.165) is 6.07 Å². The molecule has 1 fully saturated rings. The largest absolute Gasteiger partial charge is 0.497 e. The molecule has 1 aliphatic heterocycles. The number of alkyl halides is 3. The van der Waals surface area contributed by atoms with Gasteiger partial charge in [0, 0.05) is 6.10 Å². The van der Waals surface area contributed by atoms with Crippen molar-refractivity contribution in [2.45, 2.75) is 45.1 Å². The maximum Gasteiger partial charge on any atom is 0.495 e. The fourth-order valence-electron chi connectivity index (χ4n) is 2.57. The monoisotopic (exact) mass is 302 g/mol. The van der Waals surface area contributed by atoms with E-state index in [9.17, 15) is 13.2 Å². The molecule has 1 aromatic rings. The van der Waals surface area contributed by atoms with Crippen LogP contribution in [0.4, 0.5) is 13.2 Å². The van der Waals surface area contributed by atoms with Crippen molar-refractivity contribution in [3.63, 3.8) is 0 Å². The molecule has 0 aromatic heterocycles. The topological polar surface area (TPSA) is 27.7 Å². The van der Waals surface area contributed by atoms with Crippen molar-refractivity contribution in [2.75, 3.05) is 7.11 Å². The average molecular weight is 302 g/mol. The zero-order valence-electron chi connectivity index (χ0n) is 12.5. The Hall–Kier alpha value is -1.21. The molecule has 3 nitrogen and oxygen atoms in total. The Kier molecular flexibility index (Phi) is 4.26. The average Bonchev–Trinajstić information content (AvgIpc) is 2.34. The van der Waals surface area contributed by atoms with E-state index in [0.29, 0.717) is 6.42 Å². The first kappa shape index (κ1) is 16.2. The molecule has 1 atom stereocenters. The van der Waals surface area contributed by atoms with Crippen molar-refractivity contribution in [1.29, 1.82) is 0 Å². The van der Waals surface area contributed by atoms with Crippen LogP contribution in [-0.2, 0) is 15.5 Å². The Morgan fingerprint density at radius 1 is 1.33 bits per heavy atom. The van der Waals surface area contributed by atoms with Gasteiger partial charge < -0.3 is 14.0 Å². The Morgan fingerprint density at radius 2 is 2.00 bits per heavy atom. The SMILES string of the molecule is COc1ccc(B2OC(C)CC(C)(C)O2)c(C(F)(F)F)c1. The Bertz CT molecular complexity index is 517. The molecule has 0 spiro atoms. The van der Waals surface area contributed by atoms with Gasteiger partial charge in [0.1, 0.15) is 5.75 Å². The second-order valence-corrected chi connectivity index (χ2v) is 5.81. The van der Waals surface area contributed by atoms with Crippen molar-refractivity contribution >= 4 is 12.6 Å². The van der Waals surface area contributed by atoms with E-state index in [1.54, 1.807) is 0 Å². The van der Waals surface area contributed by atoms with Gasteiger partial charge in [0.15, 0.2) is 0 Å². The lowest BCUT2D eigenvalue weighted by atomic mass is 9.72. The van der Waals surface area contributed by atoms with Crippen molar-refractivity contribution < 1.29 is 27.2 Å². The highest BCUT2D eigenvalue weighted by Crippen LogP contribution is 2.33. The standard InChI is InChI=1S/C14H18BF3O3/c1-9-8-13(2,3)21-15(20-9)12-6-5-10(19-4)7-11(12)14(16,17)18/h5-7,9H,8H2,1-4H3.